The summed E-state index contributed by atoms with van der Waals surface area (Å²) in [7, 11) is 0. The molecule has 0 amide bonds. The molecule has 6 heteroatoms. The minimum absolute atomic E-state index is 0.0383. The molecule has 1 unspecified atom stereocenters. The first-order valence-electron chi connectivity index (χ1n) is 5.85. The van der Waals surface area contributed by atoms with Crippen molar-refractivity contribution in [2.45, 2.75) is 45.0 Å². The first-order chi connectivity index (χ1) is 8.36. The normalized spacial score (nSPS) is 13.8. The molecule has 2 aromatic heterocycles. The Bertz CT molecular complexity index is 524. The summed E-state index contributed by atoms with van der Waals surface area (Å²) in [6.07, 6.45) is 3.57. The average Bonchev–Trinajstić information content (AvgIpc) is 2.85. The second-order valence-electron chi connectivity index (χ2n) is 5.33. The summed E-state index contributed by atoms with van der Waals surface area (Å²) in [5, 5.41) is 7.82. The summed E-state index contributed by atoms with van der Waals surface area (Å²) in [5.41, 5.74) is 0.711. The fourth-order valence-corrected chi connectivity index (χ4v) is 1.54. The lowest BCUT2D eigenvalue weighted by atomic mass is 9.94. The zero-order valence-corrected chi connectivity index (χ0v) is 11.8. The molecule has 0 saturated heterocycles. The third-order valence-corrected chi connectivity index (χ3v) is 2.78. The number of hydrogen-bond acceptors (Lipinski definition) is 4. The van der Waals surface area contributed by atoms with Gasteiger partial charge >= 0.3 is 0 Å². The van der Waals surface area contributed by atoms with Crippen molar-refractivity contribution >= 4 is 11.6 Å². The second-order valence-corrected chi connectivity index (χ2v) is 5.98. The van der Waals surface area contributed by atoms with Crippen LogP contribution in [-0.2, 0) is 12.0 Å². The van der Waals surface area contributed by atoms with Crippen LogP contribution in [0.4, 0.5) is 0 Å². The Hall–Kier alpha value is -1.36. The molecule has 0 N–H and O–H groups in total. The Labute approximate surface area is 111 Å². The van der Waals surface area contributed by atoms with E-state index in [1.54, 1.807) is 17.1 Å². The van der Waals surface area contributed by atoms with Crippen molar-refractivity contribution in [3.8, 4) is 0 Å². The standard InChI is InChI=1S/C12H17ClN4O/c1-8(13)9-6-17(16-15-9)7-11-14-5-10(18-11)12(2,3)4/h5-6,8H,7H2,1-4H3. The van der Waals surface area contributed by atoms with Crippen molar-refractivity contribution < 1.29 is 4.42 Å². The molecule has 2 aromatic rings. The zero-order chi connectivity index (χ0) is 13.3. The summed E-state index contributed by atoms with van der Waals surface area (Å²) < 4.78 is 7.36. The average molecular weight is 269 g/mol. The van der Waals surface area contributed by atoms with Crippen LogP contribution in [0.3, 0.4) is 0 Å². The Morgan fingerprint density at radius 2 is 2.17 bits per heavy atom. The highest BCUT2D eigenvalue weighted by molar-refractivity contribution is 6.20. The lowest BCUT2D eigenvalue weighted by molar-refractivity contribution is 0.371. The molecule has 0 spiro atoms. The fourth-order valence-electron chi connectivity index (χ4n) is 1.44. The number of rotatable bonds is 3. The van der Waals surface area contributed by atoms with Gasteiger partial charge in [-0.25, -0.2) is 9.67 Å². The van der Waals surface area contributed by atoms with Crippen LogP contribution in [0.25, 0.3) is 0 Å². The van der Waals surface area contributed by atoms with Crippen molar-refractivity contribution in [1.82, 2.24) is 20.0 Å². The number of alkyl halides is 1. The molecular formula is C12H17ClN4O. The van der Waals surface area contributed by atoms with Crippen molar-refractivity contribution in [2.75, 3.05) is 0 Å². The Balaban J connectivity index is 2.11. The van der Waals surface area contributed by atoms with Crippen LogP contribution in [0.5, 0.6) is 0 Å². The minimum Gasteiger partial charge on any atom is -0.443 e. The first kappa shape index (κ1) is 13.1. The predicted molar refractivity (Wildman–Crippen MR) is 68.6 cm³/mol. The van der Waals surface area contributed by atoms with Gasteiger partial charge in [-0.3, -0.25) is 0 Å². The Morgan fingerprint density at radius 3 is 2.67 bits per heavy atom. The van der Waals surface area contributed by atoms with E-state index in [0.717, 1.165) is 11.5 Å². The highest BCUT2D eigenvalue weighted by atomic mass is 35.5. The minimum atomic E-state index is -0.145. The summed E-state index contributed by atoms with van der Waals surface area (Å²) in [5.74, 6) is 1.49. The highest BCUT2D eigenvalue weighted by Gasteiger charge is 2.19. The molecular weight excluding hydrogens is 252 g/mol. The van der Waals surface area contributed by atoms with Crippen LogP contribution in [0.1, 0.15) is 50.4 Å². The van der Waals surface area contributed by atoms with E-state index in [1.165, 1.54) is 0 Å². The van der Waals surface area contributed by atoms with Gasteiger partial charge in [0.2, 0.25) is 5.89 Å². The number of hydrogen-bond donors (Lipinski definition) is 0. The van der Waals surface area contributed by atoms with Gasteiger partial charge in [0.15, 0.2) is 0 Å². The second kappa shape index (κ2) is 4.72. The maximum absolute atomic E-state index is 5.93. The number of halogens is 1. The monoisotopic (exact) mass is 268 g/mol. The molecule has 0 bridgehead atoms. The van der Waals surface area contributed by atoms with Gasteiger partial charge in [0, 0.05) is 5.41 Å². The SMILES string of the molecule is CC(Cl)c1cn(Cc2ncc(C(C)(C)C)o2)nn1. The lowest BCUT2D eigenvalue weighted by Crippen LogP contribution is -2.09. The highest BCUT2D eigenvalue weighted by Crippen LogP contribution is 2.23. The van der Waals surface area contributed by atoms with Crippen molar-refractivity contribution in [1.29, 1.82) is 0 Å². The van der Waals surface area contributed by atoms with Crippen LogP contribution in [0, 0.1) is 0 Å². The summed E-state index contributed by atoms with van der Waals surface area (Å²) in [6, 6.07) is 0. The lowest BCUT2D eigenvalue weighted by Gasteiger charge is -2.12. The van der Waals surface area contributed by atoms with E-state index in [-0.39, 0.29) is 10.8 Å². The molecule has 18 heavy (non-hydrogen) atoms. The van der Waals surface area contributed by atoms with E-state index in [1.807, 2.05) is 6.92 Å². The molecule has 0 aromatic carbocycles. The summed E-state index contributed by atoms with van der Waals surface area (Å²) in [4.78, 5) is 4.24. The van der Waals surface area contributed by atoms with Gasteiger partial charge in [-0.2, -0.15) is 0 Å². The smallest absolute Gasteiger partial charge is 0.216 e. The van der Waals surface area contributed by atoms with E-state index >= 15 is 0 Å². The maximum Gasteiger partial charge on any atom is 0.216 e. The zero-order valence-electron chi connectivity index (χ0n) is 11.0. The predicted octanol–water partition coefficient (Wildman–Crippen LogP) is 2.91. The van der Waals surface area contributed by atoms with Gasteiger partial charge in [0.25, 0.3) is 0 Å². The van der Waals surface area contributed by atoms with Crippen LogP contribution in [0.2, 0.25) is 0 Å². The molecule has 0 aliphatic carbocycles. The van der Waals surface area contributed by atoms with Gasteiger partial charge in [0.1, 0.15) is 18.0 Å². The first-order valence-corrected chi connectivity index (χ1v) is 6.29. The third kappa shape index (κ3) is 2.90. The summed E-state index contributed by atoms with van der Waals surface area (Å²) >= 11 is 5.93. The van der Waals surface area contributed by atoms with E-state index < -0.39 is 0 Å². The fraction of sp³-hybridized carbons (Fsp3) is 0.583. The molecule has 1 atom stereocenters. The molecule has 2 rings (SSSR count). The molecule has 0 fully saturated rings. The van der Waals surface area contributed by atoms with E-state index in [2.05, 4.69) is 36.1 Å². The molecule has 0 aliphatic rings. The maximum atomic E-state index is 5.93. The number of aromatic nitrogens is 4. The van der Waals surface area contributed by atoms with Crippen LogP contribution in [0.15, 0.2) is 16.8 Å². The molecule has 5 nitrogen and oxygen atoms in total. The van der Waals surface area contributed by atoms with Crippen molar-refractivity contribution in [2.24, 2.45) is 0 Å². The van der Waals surface area contributed by atoms with Crippen LogP contribution in [-0.4, -0.2) is 20.0 Å². The van der Waals surface area contributed by atoms with Gasteiger partial charge < -0.3 is 4.42 Å². The molecule has 0 saturated carbocycles. The summed E-state index contributed by atoms with van der Waals surface area (Å²) in [6.45, 7) is 8.57. The van der Waals surface area contributed by atoms with Crippen molar-refractivity contribution in [3.05, 3.63) is 29.7 Å². The topological polar surface area (TPSA) is 56.7 Å². The largest absolute Gasteiger partial charge is 0.443 e. The van der Waals surface area contributed by atoms with Crippen LogP contribution < -0.4 is 0 Å². The van der Waals surface area contributed by atoms with Crippen molar-refractivity contribution in [3.63, 3.8) is 0 Å². The Morgan fingerprint density at radius 1 is 1.44 bits per heavy atom. The van der Waals surface area contributed by atoms with Crippen LogP contribution >= 0.6 is 11.6 Å². The third-order valence-electron chi connectivity index (χ3n) is 2.55. The van der Waals surface area contributed by atoms with Gasteiger partial charge in [-0.15, -0.1) is 16.7 Å². The van der Waals surface area contributed by atoms with E-state index in [0.29, 0.717) is 12.4 Å². The van der Waals surface area contributed by atoms with E-state index in [4.69, 9.17) is 16.0 Å². The molecule has 98 valence electrons. The molecule has 2 heterocycles. The van der Waals surface area contributed by atoms with Gasteiger partial charge in [-0.1, -0.05) is 26.0 Å². The van der Waals surface area contributed by atoms with Gasteiger partial charge in [0.05, 0.1) is 17.8 Å². The number of nitrogens with zero attached hydrogens (tertiary/aromatic N) is 4. The molecule has 0 aliphatic heterocycles. The number of oxazole rings is 1. The van der Waals surface area contributed by atoms with Gasteiger partial charge in [-0.05, 0) is 6.92 Å². The van der Waals surface area contributed by atoms with E-state index in [9.17, 15) is 0 Å². The Kier molecular flexibility index (Phi) is 3.43. The molecule has 0 radical (unpaired) electrons. The quantitative estimate of drug-likeness (QED) is 0.803.